The maximum Gasteiger partial charge on any atom is 0.416 e. The molecule has 1 aliphatic rings. The standard InChI is InChI=1S/C11H13F3N4O/c12-11(13,14)8-3-1-2-7(4-8)5-15-10(19)9-6-16-18-17-9/h1-4,9,16-18H,5-6H2,(H,15,19). The van der Waals surface area contributed by atoms with E-state index in [0.29, 0.717) is 12.1 Å². The van der Waals surface area contributed by atoms with Crippen LogP contribution in [0.2, 0.25) is 0 Å². The molecule has 1 fully saturated rings. The number of alkyl halides is 3. The lowest BCUT2D eigenvalue weighted by atomic mass is 10.1. The second-order valence-corrected chi connectivity index (χ2v) is 4.12. The molecule has 1 heterocycles. The molecule has 4 N–H and O–H groups in total. The molecule has 0 bridgehead atoms. The van der Waals surface area contributed by atoms with Crippen LogP contribution < -0.4 is 21.7 Å². The van der Waals surface area contributed by atoms with Crippen molar-refractivity contribution in [2.24, 2.45) is 0 Å². The van der Waals surface area contributed by atoms with E-state index in [2.05, 4.69) is 21.7 Å². The normalized spacial score (nSPS) is 19.4. The molecule has 19 heavy (non-hydrogen) atoms. The number of amides is 1. The monoisotopic (exact) mass is 274 g/mol. The predicted octanol–water partition coefficient (Wildman–Crippen LogP) is 0.303. The van der Waals surface area contributed by atoms with Crippen molar-refractivity contribution in [3.63, 3.8) is 0 Å². The van der Waals surface area contributed by atoms with Crippen molar-refractivity contribution in [3.8, 4) is 0 Å². The number of carbonyl (C=O) groups excluding carboxylic acids is 1. The maximum absolute atomic E-state index is 12.5. The molecule has 2 rings (SSSR count). The molecule has 1 unspecified atom stereocenters. The number of benzene rings is 1. The van der Waals surface area contributed by atoms with Gasteiger partial charge in [0.2, 0.25) is 5.91 Å². The number of hydrogen-bond donors (Lipinski definition) is 4. The summed E-state index contributed by atoms with van der Waals surface area (Å²) in [5.74, 6) is -0.282. The van der Waals surface area contributed by atoms with Gasteiger partial charge in [0.05, 0.1) is 5.56 Å². The summed E-state index contributed by atoms with van der Waals surface area (Å²) in [4.78, 5) is 11.6. The van der Waals surface area contributed by atoms with Gasteiger partial charge in [0, 0.05) is 13.1 Å². The fourth-order valence-electron chi connectivity index (χ4n) is 1.67. The third kappa shape index (κ3) is 3.66. The first-order valence-corrected chi connectivity index (χ1v) is 5.64. The van der Waals surface area contributed by atoms with Crippen LogP contribution in [0, 0.1) is 0 Å². The first-order valence-electron chi connectivity index (χ1n) is 5.64. The predicted molar refractivity (Wildman–Crippen MR) is 61.4 cm³/mol. The first-order chi connectivity index (χ1) is 8.97. The van der Waals surface area contributed by atoms with Crippen LogP contribution in [0.5, 0.6) is 0 Å². The zero-order valence-corrected chi connectivity index (χ0v) is 9.84. The van der Waals surface area contributed by atoms with Crippen LogP contribution >= 0.6 is 0 Å². The van der Waals surface area contributed by atoms with Gasteiger partial charge in [0.1, 0.15) is 6.04 Å². The van der Waals surface area contributed by atoms with E-state index in [9.17, 15) is 18.0 Å². The van der Waals surface area contributed by atoms with Gasteiger partial charge >= 0.3 is 6.18 Å². The fraction of sp³-hybridized carbons (Fsp3) is 0.364. The van der Waals surface area contributed by atoms with Gasteiger partial charge in [-0.15, -0.1) is 0 Å². The average Bonchev–Trinajstić information content (AvgIpc) is 2.89. The molecule has 1 amide bonds. The zero-order chi connectivity index (χ0) is 13.9. The maximum atomic E-state index is 12.5. The van der Waals surface area contributed by atoms with E-state index >= 15 is 0 Å². The number of hydrazine groups is 2. The highest BCUT2D eigenvalue weighted by atomic mass is 19.4. The Hall–Kier alpha value is -1.64. The Kier molecular flexibility index (Phi) is 4.03. The number of nitrogens with one attached hydrogen (secondary N) is 4. The third-order valence-corrected chi connectivity index (χ3v) is 2.68. The summed E-state index contributed by atoms with van der Waals surface area (Å²) >= 11 is 0. The van der Waals surface area contributed by atoms with Crippen molar-refractivity contribution in [1.82, 2.24) is 21.7 Å². The number of rotatable bonds is 3. The van der Waals surface area contributed by atoms with Gasteiger partial charge in [-0.25, -0.2) is 10.9 Å². The van der Waals surface area contributed by atoms with E-state index in [0.717, 1.165) is 12.1 Å². The Bertz CT molecular complexity index is 457. The summed E-state index contributed by atoms with van der Waals surface area (Å²) in [5.41, 5.74) is 7.64. The Balaban J connectivity index is 1.94. The minimum Gasteiger partial charge on any atom is -0.351 e. The van der Waals surface area contributed by atoms with Gasteiger partial charge in [-0.1, -0.05) is 12.1 Å². The van der Waals surface area contributed by atoms with Crippen LogP contribution in [0.1, 0.15) is 11.1 Å². The molecule has 0 saturated carbocycles. The molecule has 1 aromatic carbocycles. The van der Waals surface area contributed by atoms with Gasteiger partial charge in [-0.3, -0.25) is 4.79 Å². The number of carbonyl (C=O) groups is 1. The lowest BCUT2D eigenvalue weighted by Gasteiger charge is -2.11. The van der Waals surface area contributed by atoms with E-state index in [-0.39, 0.29) is 12.5 Å². The molecular formula is C11H13F3N4O. The van der Waals surface area contributed by atoms with Crippen LogP contribution in [0.3, 0.4) is 0 Å². The van der Waals surface area contributed by atoms with Gasteiger partial charge < -0.3 is 5.32 Å². The molecular weight excluding hydrogens is 261 g/mol. The zero-order valence-electron chi connectivity index (χ0n) is 9.84. The molecule has 1 aliphatic heterocycles. The molecule has 8 heteroatoms. The molecule has 104 valence electrons. The van der Waals surface area contributed by atoms with Crippen LogP contribution in [0.25, 0.3) is 0 Å². The fourth-order valence-corrected chi connectivity index (χ4v) is 1.67. The Labute approximate surface area is 107 Å². The third-order valence-electron chi connectivity index (χ3n) is 2.68. The van der Waals surface area contributed by atoms with Crippen molar-refractivity contribution in [2.75, 3.05) is 6.54 Å². The van der Waals surface area contributed by atoms with Crippen molar-refractivity contribution < 1.29 is 18.0 Å². The smallest absolute Gasteiger partial charge is 0.351 e. The molecule has 5 nitrogen and oxygen atoms in total. The summed E-state index contributed by atoms with van der Waals surface area (Å²) in [5, 5.41) is 2.57. The van der Waals surface area contributed by atoms with Crippen LogP contribution in [0.4, 0.5) is 13.2 Å². The highest BCUT2D eigenvalue weighted by Gasteiger charge is 2.30. The van der Waals surface area contributed by atoms with Gasteiger partial charge in [0.15, 0.2) is 0 Å². The van der Waals surface area contributed by atoms with E-state index < -0.39 is 17.8 Å². The van der Waals surface area contributed by atoms with Crippen LogP contribution in [0.15, 0.2) is 24.3 Å². The number of hydrogen-bond acceptors (Lipinski definition) is 4. The van der Waals surface area contributed by atoms with Crippen molar-refractivity contribution in [2.45, 2.75) is 18.8 Å². The van der Waals surface area contributed by atoms with Crippen LogP contribution in [-0.2, 0) is 17.5 Å². The minimum absolute atomic E-state index is 0.0565. The molecule has 0 aromatic heterocycles. The van der Waals surface area contributed by atoms with Gasteiger partial charge in [0.25, 0.3) is 0 Å². The van der Waals surface area contributed by atoms with Crippen molar-refractivity contribution >= 4 is 5.91 Å². The lowest BCUT2D eigenvalue weighted by molar-refractivity contribution is -0.137. The van der Waals surface area contributed by atoms with Crippen molar-refractivity contribution in [1.29, 1.82) is 0 Å². The topological polar surface area (TPSA) is 65.2 Å². The van der Waals surface area contributed by atoms with E-state index in [1.165, 1.54) is 12.1 Å². The molecule has 0 aliphatic carbocycles. The molecule has 0 radical (unpaired) electrons. The quantitative estimate of drug-likeness (QED) is 0.640. The molecule has 0 spiro atoms. The molecule has 1 aromatic rings. The molecule has 1 saturated heterocycles. The van der Waals surface area contributed by atoms with Crippen LogP contribution in [-0.4, -0.2) is 18.5 Å². The highest BCUT2D eigenvalue weighted by Crippen LogP contribution is 2.29. The van der Waals surface area contributed by atoms with E-state index in [1.807, 2.05) is 0 Å². The van der Waals surface area contributed by atoms with Gasteiger partial charge in [-0.2, -0.15) is 18.7 Å². The first kappa shape index (κ1) is 13.8. The molecule has 1 atom stereocenters. The Morgan fingerprint density at radius 3 is 2.84 bits per heavy atom. The Morgan fingerprint density at radius 1 is 1.42 bits per heavy atom. The second kappa shape index (κ2) is 5.55. The summed E-state index contributed by atoms with van der Waals surface area (Å²) in [7, 11) is 0. The summed E-state index contributed by atoms with van der Waals surface area (Å²) in [6, 6.07) is 4.44. The average molecular weight is 274 g/mol. The Morgan fingerprint density at radius 2 is 2.21 bits per heavy atom. The summed E-state index contributed by atoms with van der Waals surface area (Å²) < 4.78 is 37.5. The lowest BCUT2D eigenvalue weighted by Crippen LogP contribution is -2.44. The largest absolute Gasteiger partial charge is 0.416 e. The van der Waals surface area contributed by atoms with E-state index in [4.69, 9.17) is 0 Å². The minimum atomic E-state index is -4.37. The second-order valence-electron chi connectivity index (χ2n) is 4.12. The van der Waals surface area contributed by atoms with Crippen molar-refractivity contribution in [3.05, 3.63) is 35.4 Å². The van der Waals surface area contributed by atoms with Gasteiger partial charge in [-0.05, 0) is 17.7 Å². The summed E-state index contributed by atoms with van der Waals surface area (Å²) in [6.07, 6.45) is -4.37. The van der Waals surface area contributed by atoms with E-state index in [1.54, 1.807) is 0 Å². The SMILES string of the molecule is O=C(NCc1cccc(C(F)(F)F)c1)C1CNNN1. The number of halogens is 3. The summed E-state index contributed by atoms with van der Waals surface area (Å²) in [6.45, 7) is 0.468. The highest BCUT2D eigenvalue weighted by molar-refractivity contribution is 5.82.